The van der Waals surface area contributed by atoms with E-state index in [4.69, 9.17) is 9.47 Å². The third-order valence-electron chi connectivity index (χ3n) is 5.63. The summed E-state index contributed by atoms with van der Waals surface area (Å²) in [6.45, 7) is 4.63. The Balaban J connectivity index is 1.85. The minimum Gasteiger partial charge on any atom is -0.497 e. The Morgan fingerprint density at radius 1 is 1.03 bits per heavy atom. The summed E-state index contributed by atoms with van der Waals surface area (Å²) in [5.41, 5.74) is 1.70. The number of piperidine rings is 1. The van der Waals surface area contributed by atoms with E-state index in [-0.39, 0.29) is 16.8 Å². The van der Waals surface area contributed by atoms with Crippen molar-refractivity contribution in [2.24, 2.45) is 0 Å². The molecule has 1 heterocycles. The van der Waals surface area contributed by atoms with Gasteiger partial charge in [-0.25, -0.2) is 8.42 Å². The van der Waals surface area contributed by atoms with Crippen LogP contribution in [0.4, 0.5) is 0 Å². The number of rotatable bonds is 7. The number of sulfonamides is 1. The molecule has 0 aromatic heterocycles. The molecule has 2 aromatic rings. The number of nitrogens with one attached hydrogen (secondary N) is 1. The highest BCUT2D eigenvalue weighted by atomic mass is 32.2. The third-order valence-corrected chi connectivity index (χ3v) is 7.67. The fourth-order valence-corrected chi connectivity index (χ4v) is 5.57. The maximum atomic E-state index is 13.1. The lowest BCUT2D eigenvalue weighted by molar-refractivity contribution is 0.0939. The van der Waals surface area contributed by atoms with Crippen molar-refractivity contribution in [3.63, 3.8) is 0 Å². The van der Waals surface area contributed by atoms with Crippen LogP contribution in [0.25, 0.3) is 0 Å². The molecular formula is C23H30N2O5S. The van der Waals surface area contributed by atoms with Crippen LogP contribution in [0.3, 0.4) is 0 Å². The minimum absolute atomic E-state index is 0.189. The fraction of sp³-hybridized carbons (Fsp3) is 0.435. The smallest absolute Gasteiger partial charge is 0.251 e. The van der Waals surface area contributed by atoms with E-state index in [0.717, 1.165) is 24.8 Å². The van der Waals surface area contributed by atoms with Gasteiger partial charge in [0, 0.05) is 24.2 Å². The maximum absolute atomic E-state index is 13.1. The standard InChI is InChI=1S/C23H30N2O5S/c1-16-8-9-18(14-22(16)31(27,28)25-12-6-5-7-13-25)23(26)24-17(2)20-15-19(29-3)10-11-21(20)30-4/h8-11,14-15,17H,5-7,12-13H2,1-4H3,(H,24,26)/t17-/m0/s1. The van der Waals surface area contributed by atoms with Crippen LogP contribution in [0, 0.1) is 6.92 Å². The van der Waals surface area contributed by atoms with Gasteiger partial charge in [0.1, 0.15) is 11.5 Å². The van der Waals surface area contributed by atoms with Gasteiger partial charge in [0.2, 0.25) is 10.0 Å². The van der Waals surface area contributed by atoms with Crippen molar-refractivity contribution in [3.8, 4) is 11.5 Å². The zero-order valence-corrected chi connectivity index (χ0v) is 19.3. The zero-order valence-electron chi connectivity index (χ0n) is 18.5. The van der Waals surface area contributed by atoms with Crippen molar-refractivity contribution >= 4 is 15.9 Å². The highest BCUT2D eigenvalue weighted by Gasteiger charge is 2.28. The molecule has 168 valence electrons. The molecule has 1 aliphatic rings. The lowest BCUT2D eigenvalue weighted by atomic mass is 10.1. The predicted molar refractivity (Wildman–Crippen MR) is 119 cm³/mol. The Hall–Kier alpha value is -2.58. The van der Waals surface area contributed by atoms with Gasteiger partial charge in [0.05, 0.1) is 25.2 Å². The fourth-order valence-electron chi connectivity index (χ4n) is 3.80. The van der Waals surface area contributed by atoms with Crippen molar-refractivity contribution in [1.82, 2.24) is 9.62 Å². The summed E-state index contributed by atoms with van der Waals surface area (Å²) in [7, 11) is -0.490. The van der Waals surface area contributed by atoms with Crippen molar-refractivity contribution in [2.75, 3.05) is 27.3 Å². The molecular weight excluding hydrogens is 416 g/mol. The third kappa shape index (κ3) is 5.02. The quantitative estimate of drug-likeness (QED) is 0.701. The SMILES string of the molecule is COc1ccc(OC)c([C@H](C)NC(=O)c2ccc(C)c(S(=O)(=O)N3CCCCC3)c2)c1. The summed E-state index contributed by atoms with van der Waals surface area (Å²) in [5.74, 6) is 0.931. The summed E-state index contributed by atoms with van der Waals surface area (Å²) in [6.07, 6.45) is 2.76. The molecule has 1 N–H and O–H groups in total. The number of carbonyl (C=O) groups excluding carboxylic acids is 1. The monoisotopic (exact) mass is 446 g/mol. The van der Waals surface area contributed by atoms with Gasteiger partial charge in [0.15, 0.2) is 0 Å². The summed E-state index contributed by atoms with van der Waals surface area (Å²) < 4.78 is 38.5. The zero-order chi connectivity index (χ0) is 22.6. The number of aryl methyl sites for hydroxylation is 1. The molecule has 1 saturated heterocycles. The first kappa shape index (κ1) is 23.1. The highest BCUT2D eigenvalue weighted by molar-refractivity contribution is 7.89. The number of nitrogens with zero attached hydrogens (tertiary/aromatic N) is 1. The van der Waals surface area contributed by atoms with Gasteiger partial charge >= 0.3 is 0 Å². The van der Waals surface area contributed by atoms with Crippen LogP contribution in [0.1, 0.15) is 53.7 Å². The summed E-state index contributed by atoms with van der Waals surface area (Å²) >= 11 is 0. The van der Waals surface area contributed by atoms with E-state index >= 15 is 0 Å². The first-order valence-electron chi connectivity index (χ1n) is 10.4. The molecule has 1 aliphatic heterocycles. The molecule has 1 atom stereocenters. The van der Waals surface area contributed by atoms with Crippen LogP contribution in [-0.2, 0) is 10.0 Å². The molecule has 1 amide bonds. The number of methoxy groups -OCH3 is 2. The number of benzene rings is 2. The van der Waals surface area contributed by atoms with Crippen LogP contribution >= 0.6 is 0 Å². The van der Waals surface area contributed by atoms with Crippen molar-refractivity contribution in [1.29, 1.82) is 0 Å². The first-order valence-corrected chi connectivity index (χ1v) is 11.9. The number of hydrogen-bond donors (Lipinski definition) is 1. The second-order valence-corrected chi connectivity index (χ2v) is 9.65. The van der Waals surface area contributed by atoms with E-state index in [1.165, 1.54) is 10.4 Å². The topological polar surface area (TPSA) is 84.9 Å². The molecule has 3 rings (SSSR count). The van der Waals surface area contributed by atoms with Crippen molar-refractivity contribution < 1.29 is 22.7 Å². The molecule has 31 heavy (non-hydrogen) atoms. The Bertz CT molecular complexity index is 1050. The van der Waals surface area contributed by atoms with Crippen LogP contribution in [0.5, 0.6) is 11.5 Å². The van der Waals surface area contributed by atoms with Crippen molar-refractivity contribution in [2.45, 2.75) is 44.0 Å². The number of amides is 1. The van der Waals surface area contributed by atoms with Crippen molar-refractivity contribution in [3.05, 3.63) is 53.1 Å². The second-order valence-electron chi connectivity index (χ2n) is 7.75. The average molecular weight is 447 g/mol. The van der Waals surface area contributed by atoms with E-state index in [0.29, 0.717) is 35.7 Å². The van der Waals surface area contributed by atoms with Crippen LogP contribution in [0.2, 0.25) is 0 Å². The molecule has 8 heteroatoms. The molecule has 0 radical (unpaired) electrons. The first-order chi connectivity index (χ1) is 14.8. The Morgan fingerprint density at radius 3 is 2.39 bits per heavy atom. The van der Waals surface area contributed by atoms with Gasteiger partial charge in [-0.05, 0) is 62.6 Å². The molecule has 0 unspecified atom stereocenters. The van der Waals surface area contributed by atoms with Gasteiger partial charge in [0.25, 0.3) is 5.91 Å². The molecule has 0 aliphatic carbocycles. The molecule has 2 aromatic carbocycles. The summed E-state index contributed by atoms with van der Waals surface area (Å²) in [5, 5.41) is 2.93. The number of ether oxygens (including phenoxy) is 2. The predicted octanol–water partition coefficient (Wildman–Crippen LogP) is 3.68. The molecule has 1 fully saturated rings. The number of hydrogen-bond acceptors (Lipinski definition) is 5. The van der Waals surface area contributed by atoms with E-state index in [9.17, 15) is 13.2 Å². The Labute approximate surface area is 184 Å². The second kappa shape index (κ2) is 9.70. The highest BCUT2D eigenvalue weighted by Crippen LogP contribution is 2.30. The lowest BCUT2D eigenvalue weighted by Crippen LogP contribution is -2.36. The van der Waals surface area contributed by atoms with E-state index in [1.54, 1.807) is 45.4 Å². The van der Waals surface area contributed by atoms with Crippen LogP contribution in [0.15, 0.2) is 41.3 Å². The van der Waals surface area contributed by atoms with E-state index < -0.39 is 10.0 Å². The van der Waals surface area contributed by atoms with Gasteiger partial charge in [-0.15, -0.1) is 0 Å². The average Bonchev–Trinajstić information content (AvgIpc) is 2.79. The normalized spacial score (nSPS) is 15.9. The van der Waals surface area contributed by atoms with Gasteiger partial charge in [-0.1, -0.05) is 12.5 Å². The van der Waals surface area contributed by atoms with Crippen LogP contribution < -0.4 is 14.8 Å². The number of carbonyl (C=O) groups is 1. The molecule has 0 spiro atoms. The van der Waals surface area contributed by atoms with E-state index in [2.05, 4.69) is 5.32 Å². The van der Waals surface area contributed by atoms with E-state index in [1.807, 2.05) is 13.0 Å². The summed E-state index contributed by atoms with van der Waals surface area (Å²) in [4.78, 5) is 13.1. The minimum atomic E-state index is -3.63. The maximum Gasteiger partial charge on any atom is 0.251 e. The van der Waals surface area contributed by atoms with Gasteiger partial charge in [-0.2, -0.15) is 4.31 Å². The Kier molecular flexibility index (Phi) is 7.23. The lowest BCUT2D eigenvalue weighted by Gasteiger charge is -2.26. The van der Waals surface area contributed by atoms with Crippen LogP contribution in [-0.4, -0.2) is 45.9 Å². The molecule has 0 bridgehead atoms. The largest absolute Gasteiger partial charge is 0.497 e. The molecule has 7 nitrogen and oxygen atoms in total. The Morgan fingerprint density at radius 2 is 1.74 bits per heavy atom. The van der Waals surface area contributed by atoms with Gasteiger partial charge < -0.3 is 14.8 Å². The molecule has 0 saturated carbocycles. The van der Waals surface area contributed by atoms with Gasteiger partial charge in [-0.3, -0.25) is 4.79 Å². The summed E-state index contributed by atoms with van der Waals surface area (Å²) in [6, 6.07) is 9.81.